The minimum atomic E-state index is 0.678. The van der Waals surface area contributed by atoms with E-state index in [1.54, 1.807) is 0 Å². The highest BCUT2D eigenvalue weighted by atomic mass is 15.0. The van der Waals surface area contributed by atoms with Crippen LogP contribution in [0.2, 0.25) is 0 Å². The van der Waals surface area contributed by atoms with Crippen molar-refractivity contribution in [3.05, 3.63) is 385 Å². The van der Waals surface area contributed by atoms with Crippen molar-refractivity contribution in [2.45, 2.75) is 0 Å². The van der Waals surface area contributed by atoms with Crippen LogP contribution in [0.1, 0.15) is 57.2 Å². The first-order valence-corrected chi connectivity index (χ1v) is 38.3. The van der Waals surface area contributed by atoms with Gasteiger partial charge in [-0.05, 0) is 165 Å². The third kappa shape index (κ3) is 11.5. The molecule has 4 aliphatic rings. The molecule has 0 amide bonds. The van der Waals surface area contributed by atoms with Crippen molar-refractivity contribution in [3.63, 3.8) is 0 Å². The minimum absolute atomic E-state index is 0.678. The minimum Gasteiger partial charge on any atom is -0.354 e. The van der Waals surface area contributed by atoms with E-state index in [1.165, 1.54) is 0 Å². The molecule has 12 heterocycles. The summed E-state index contributed by atoms with van der Waals surface area (Å²) in [7, 11) is 0. The van der Waals surface area contributed by atoms with Crippen LogP contribution >= 0.6 is 0 Å². The van der Waals surface area contributed by atoms with Gasteiger partial charge in [0.15, 0.2) is 0 Å². The van der Waals surface area contributed by atoms with Crippen LogP contribution in [0.25, 0.3) is 214 Å². The quantitative estimate of drug-likeness (QED) is 0.0752. The number of fused-ring (bicyclic) bond motifs is 18. The normalized spacial score (nSPS) is 12.4. The summed E-state index contributed by atoms with van der Waals surface area (Å²) in [4.78, 5) is 57.4. The summed E-state index contributed by atoms with van der Waals surface area (Å²) in [5.41, 5.74) is 36.6. The summed E-state index contributed by atoms with van der Waals surface area (Å²) in [5, 5.41) is 0. The Morgan fingerprint density at radius 1 is 0.167 bits per heavy atom. The zero-order valence-corrected chi connectivity index (χ0v) is 61.3. The molecule has 10 aromatic carbocycles. The summed E-state index contributed by atoms with van der Waals surface area (Å²) in [6.07, 6.45) is 13.0. The van der Waals surface area contributed by atoms with Crippen LogP contribution in [0.5, 0.6) is 0 Å². The molecule has 0 saturated carbocycles. The molecule has 6 N–H and O–H groups in total. The molecule has 0 spiro atoms. The van der Waals surface area contributed by atoms with E-state index in [4.69, 9.17) is 29.9 Å². The maximum Gasteiger partial charge on any atom is 0.140 e. The molecule has 0 aliphatic carbocycles. The molecule has 4 aliphatic heterocycles. The first kappa shape index (κ1) is 65.4. The molecule has 18 aromatic rings. The number of rotatable bonds is 11. The molecule has 0 radical (unpaired) electrons. The SMILES string of the molecule is C1=Cc2nc1c(-c1ccccc1)c1ccc([nH]1)c(-c1ccccc1)c1nc(c(-c3ccccc3)c3ccc([nH]3)c2-c2ccccc2)C(c2nc3cc(-c4ccc5nc(C6=Cc7nc6c(-c6ccccc6)c6ccc([nH]6)c(-c6ccccc6)c6nc(c(-c8ccccc8)c8ccc([nH]8)c7-c7ccccc7)C=C6)[nH]c5c4)ccc3[nH]2)=C1. The highest BCUT2D eigenvalue weighted by Crippen LogP contribution is 2.46. The zero-order chi connectivity index (χ0) is 75.2. The monoisotopic (exact) mass is 1460 g/mol. The summed E-state index contributed by atoms with van der Waals surface area (Å²) < 4.78 is 0. The van der Waals surface area contributed by atoms with Gasteiger partial charge in [-0.25, -0.2) is 29.9 Å². The smallest absolute Gasteiger partial charge is 0.140 e. The van der Waals surface area contributed by atoms with Crippen LogP contribution in [0, 0.1) is 0 Å². The van der Waals surface area contributed by atoms with E-state index in [9.17, 15) is 0 Å². The van der Waals surface area contributed by atoms with Gasteiger partial charge in [0.05, 0.1) is 67.6 Å². The van der Waals surface area contributed by atoms with Crippen LogP contribution in [0.15, 0.2) is 328 Å². The number of benzene rings is 10. The zero-order valence-electron chi connectivity index (χ0n) is 61.3. The third-order valence-electron chi connectivity index (χ3n) is 22.0. The summed E-state index contributed by atoms with van der Waals surface area (Å²) in [5.74, 6) is 1.36. The molecule has 114 heavy (non-hydrogen) atoms. The number of hydrogen-bond donors (Lipinski definition) is 6. The third-order valence-corrected chi connectivity index (χ3v) is 22.0. The fourth-order valence-electron chi connectivity index (χ4n) is 16.8. The topological polar surface area (TPSA) is 172 Å². The lowest BCUT2D eigenvalue weighted by atomic mass is 9.99. The predicted octanol–water partition coefficient (Wildman–Crippen LogP) is 25.2. The van der Waals surface area contributed by atoms with E-state index in [0.29, 0.717) is 11.6 Å². The Morgan fingerprint density at radius 2 is 0.421 bits per heavy atom. The van der Waals surface area contributed by atoms with Crippen molar-refractivity contribution >= 4 is 114 Å². The average molecular weight is 1460 g/mol. The first-order chi connectivity index (χ1) is 56.5. The maximum absolute atomic E-state index is 5.85. The van der Waals surface area contributed by atoms with E-state index >= 15 is 0 Å². The Kier molecular flexibility index (Phi) is 15.6. The van der Waals surface area contributed by atoms with Crippen molar-refractivity contribution in [1.29, 1.82) is 0 Å². The van der Waals surface area contributed by atoms with Gasteiger partial charge in [0, 0.05) is 99.8 Å². The van der Waals surface area contributed by atoms with Gasteiger partial charge in [0.2, 0.25) is 0 Å². The van der Waals surface area contributed by atoms with Crippen LogP contribution in [0.3, 0.4) is 0 Å². The molecule has 0 atom stereocenters. The molecular formula is C102H66N12. The van der Waals surface area contributed by atoms with Gasteiger partial charge in [-0.3, -0.25) is 0 Å². The molecule has 12 nitrogen and oxygen atoms in total. The predicted molar refractivity (Wildman–Crippen MR) is 468 cm³/mol. The highest BCUT2D eigenvalue weighted by Gasteiger charge is 2.29. The Morgan fingerprint density at radius 3 is 0.746 bits per heavy atom. The molecule has 0 saturated heterocycles. The number of H-pyrrole nitrogens is 6. The molecule has 16 bridgehead atoms. The molecule has 8 aromatic heterocycles. The fraction of sp³-hybridized carbons (Fsp3) is 0. The van der Waals surface area contributed by atoms with Crippen LogP contribution in [-0.2, 0) is 0 Å². The van der Waals surface area contributed by atoms with Crippen molar-refractivity contribution in [2.24, 2.45) is 0 Å². The average Bonchev–Trinajstić information content (AvgIpc) is 1.60. The first-order valence-electron chi connectivity index (χ1n) is 38.3. The molecule has 534 valence electrons. The molecule has 22 rings (SSSR count). The van der Waals surface area contributed by atoms with Crippen LogP contribution < -0.4 is 0 Å². The second kappa shape index (κ2) is 27.2. The van der Waals surface area contributed by atoms with Crippen molar-refractivity contribution < 1.29 is 0 Å². The van der Waals surface area contributed by atoms with Gasteiger partial charge in [-0.2, -0.15) is 0 Å². The number of aromatic amines is 6. The second-order valence-corrected chi connectivity index (χ2v) is 28.9. The number of imidazole rings is 2. The number of hydrogen-bond acceptors (Lipinski definition) is 6. The van der Waals surface area contributed by atoms with Crippen molar-refractivity contribution in [2.75, 3.05) is 0 Å². The Labute approximate surface area is 654 Å². The maximum atomic E-state index is 5.85. The number of nitrogens with one attached hydrogen (secondary N) is 6. The Bertz CT molecular complexity index is 6960. The van der Waals surface area contributed by atoms with Crippen LogP contribution in [-0.4, -0.2) is 59.8 Å². The van der Waals surface area contributed by atoms with E-state index in [0.717, 1.165) is 223 Å². The largest absolute Gasteiger partial charge is 0.354 e. The molecule has 12 heteroatoms. The molecular weight excluding hydrogens is 1390 g/mol. The van der Waals surface area contributed by atoms with Gasteiger partial charge >= 0.3 is 0 Å². The lowest BCUT2D eigenvalue weighted by Crippen LogP contribution is -1.93. The van der Waals surface area contributed by atoms with Gasteiger partial charge in [-0.1, -0.05) is 255 Å². The summed E-state index contributed by atoms with van der Waals surface area (Å²) in [6, 6.07) is 115. The standard InChI is InChI=1S/C102H66N12/c1-9-25-61(26-10-1)91-75-45-47-77(103-75)93(63-29-13-3-14-30-63)81-53-55-85(107-81)97(67-37-21-7-22-38-67)99-71(59-89(109-99)95(65-33-17-5-18-34-65)83-51-49-79(91)105-83)101-111-73-43-41-69(57-87(73)113-101)70-42-44-74-88(58-70)114-102(112-74)72-60-90-96(66-35-19-6-20-36-66)84-52-50-80(106-84)92(62-27-11-2-12-28-62)76-46-48-78(104-76)94(64-31-15-4-16-32-64)82-54-56-86(108-82)98(100(72)110-90)68-39-23-8-24-40-68/h1-60,105-108H,(H,111,113)(H,112,114). The van der Waals surface area contributed by atoms with Gasteiger partial charge in [0.1, 0.15) is 11.6 Å². The number of aromatic nitrogens is 12. The molecule has 0 unspecified atom stereocenters. The number of nitrogens with zero attached hydrogens (tertiary/aromatic N) is 6. The van der Waals surface area contributed by atoms with E-state index in [-0.39, 0.29) is 0 Å². The van der Waals surface area contributed by atoms with E-state index < -0.39 is 0 Å². The summed E-state index contributed by atoms with van der Waals surface area (Å²) in [6.45, 7) is 0. The second-order valence-electron chi connectivity index (χ2n) is 28.9. The Hall–Kier alpha value is -15.7. The van der Waals surface area contributed by atoms with Gasteiger partial charge < -0.3 is 29.9 Å². The highest BCUT2D eigenvalue weighted by molar-refractivity contribution is 6.08. The van der Waals surface area contributed by atoms with Gasteiger partial charge in [-0.15, -0.1) is 0 Å². The molecule has 0 fully saturated rings. The van der Waals surface area contributed by atoms with E-state index in [1.807, 2.05) is 0 Å². The van der Waals surface area contributed by atoms with E-state index in [2.05, 4.69) is 394 Å². The fourth-order valence-corrected chi connectivity index (χ4v) is 16.8. The summed E-state index contributed by atoms with van der Waals surface area (Å²) >= 11 is 0. The van der Waals surface area contributed by atoms with Crippen LogP contribution in [0.4, 0.5) is 0 Å². The lowest BCUT2D eigenvalue weighted by Gasteiger charge is -2.08. The van der Waals surface area contributed by atoms with Crippen molar-refractivity contribution in [3.8, 4) is 100 Å². The Balaban J connectivity index is 0.722. The lowest BCUT2D eigenvalue weighted by molar-refractivity contribution is 1.24. The van der Waals surface area contributed by atoms with Crippen molar-refractivity contribution in [1.82, 2.24) is 59.8 Å². The van der Waals surface area contributed by atoms with Gasteiger partial charge in [0.25, 0.3) is 0 Å².